The molecular weight excluding hydrogens is 356 g/mol. The highest BCUT2D eigenvalue weighted by atomic mass is 35.5. The van der Waals surface area contributed by atoms with Crippen molar-refractivity contribution in [1.29, 1.82) is 0 Å². The van der Waals surface area contributed by atoms with Gasteiger partial charge in [0.05, 0.1) is 6.20 Å². The highest BCUT2D eigenvalue weighted by Crippen LogP contribution is 2.37. The standard InChI is InChI=1S/C18H19ClN4O3/c19-14-9-17-16(25-12-26-17)8-13(14)11-22-4-1-5-23(7-6-22)18(24)15-10-20-2-3-21-15/h2-3,8-10H,1,4-7,11-12H2. The van der Waals surface area contributed by atoms with Crippen LogP contribution in [0.15, 0.2) is 30.7 Å². The highest BCUT2D eigenvalue weighted by molar-refractivity contribution is 6.31. The molecule has 1 amide bonds. The summed E-state index contributed by atoms with van der Waals surface area (Å²) >= 11 is 6.39. The summed E-state index contributed by atoms with van der Waals surface area (Å²) < 4.78 is 10.8. The number of amides is 1. The third kappa shape index (κ3) is 3.59. The number of carbonyl (C=O) groups excluding carboxylic acids is 1. The molecule has 0 N–H and O–H groups in total. The number of hydrogen-bond donors (Lipinski definition) is 0. The normalized spacial score (nSPS) is 17.2. The fourth-order valence-electron chi connectivity index (χ4n) is 3.22. The first-order chi connectivity index (χ1) is 12.7. The molecule has 8 heteroatoms. The van der Waals surface area contributed by atoms with Gasteiger partial charge in [-0.1, -0.05) is 11.6 Å². The lowest BCUT2D eigenvalue weighted by Crippen LogP contribution is -2.35. The lowest BCUT2D eigenvalue weighted by Gasteiger charge is -2.22. The average molecular weight is 375 g/mol. The molecule has 2 aliphatic rings. The number of benzene rings is 1. The van der Waals surface area contributed by atoms with E-state index in [1.807, 2.05) is 11.0 Å². The smallest absolute Gasteiger partial charge is 0.274 e. The number of halogens is 1. The lowest BCUT2D eigenvalue weighted by atomic mass is 10.2. The number of nitrogens with zero attached hydrogens (tertiary/aromatic N) is 4. The van der Waals surface area contributed by atoms with Crippen molar-refractivity contribution >= 4 is 17.5 Å². The van der Waals surface area contributed by atoms with Gasteiger partial charge < -0.3 is 14.4 Å². The van der Waals surface area contributed by atoms with Crippen LogP contribution in [-0.4, -0.2) is 58.6 Å². The van der Waals surface area contributed by atoms with Crippen LogP contribution in [0.2, 0.25) is 5.02 Å². The number of rotatable bonds is 3. The SMILES string of the molecule is O=C(c1cnccn1)N1CCCN(Cc2cc3c(cc2Cl)OCO3)CC1. The maximum Gasteiger partial charge on any atom is 0.274 e. The van der Waals surface area contributed by atoms with Crippen LogP contribution in [0.1, 0.15) is 22.5 Å². The molecule has 0 bridgehead atoms. The molecule has 0 atom stereocenters. The summed E-state index contributed by atoms with van der Waals surface area (Å²) in [6, 6.07) is 3.75. The number of aromatic nitrogens is 2. The molecule has 7 nitrogen and oxygen atoms in total. The van der Waals surface area contributed by atoms with Crippen LogP contribution < -0.4 is 9.47 Å². The van der Waals surface area contributed by atoms with E-state index in [9.17, 15) is 4.79 Å². The fourth-order valence-corrected chi connectivity index (χ4v) is 3.44. The van der Waals surface area contributed by atoms with E-state index in [1.165, 1.54) is 6.20 Å². The van der Waals surface area contributed by atoms with Crippen molar-refractivity contribution in [2.75, 3.05) is 33.0 Å². The Morgan fingerprint density at radius 1 is 1.12 bits per heavy atom. The summed E-state index contributed by atoms with van der Waals surface area (Å²) in [5, 5.41) is 0.672. The zero-order valence-electron chi connectivity index (χ0n) is 14.2. The molecular formula is C18H19ClN4O3. The molecule has 0 aliphatic carbocycles. The first-order valence-corrected chi connectivity index (χ1v) is 8.94. The topological polar surface area (TPSA) is 67.8 Å². The Labute approximate surface area is 156 Å². The van der Waals surface area contributed by atoms with Crippen LogP contribution in [-0.2, 0) is 6.54 Å². The maximum absolute atomic E-state index is 12.6. The van der Waals surface area contributed by atoms with Crippen LogP contribution in [0, 0.1) is 0 Å². The van der Waals surface area contributed by atoms with Crippen molar-refractivity contribution in [3.63, 3.8) is 0 Å². The van der Waals surface area contributed by atoms with Crippen LogP contribution in [0.5, 0.6) is 11.5 Å². The van der Waals surface area contributed by atoms with Gasteiger partial charge in [-0.2, -0.15) is 0 Å². The van der Waals surface area contributed by atoms with E-state index in [1.54, 1.807) is 18.5 Å². The van der Waals surface area contributed by atoms with Gasteiger partial charge in [-0.25, -0.2) is 4.98 Å². The fraction of sp³-hybridized carbons (Fsp3) is 0.389. The Kier molecular flexibility index (Phi) is 4.90. The number of ether oxygens (including phenoxy) is 2. The third-order valence-electron chi connectivity index (χ3n) is 4.59. The largest absolute Gasteiger partial charge is 0.454 e. The molecule has 1 aromatic heterocycles. The van der Waals surface area contributed by atoms with Crippen LogP contribution in [0.4, 0.5) is 0 Å². The predicted molar refractivity (Wildman–Crippen MR) is 95.4 cm³/mol. The number of hydrogen-bond acceptors (Lipinski definition) is 6. The molecule has 0 saturated carbocycles. The van der Waals surface area contributed by atoms with Crippen LogP contribution in [0.3, 0.4) is 0 Å². The minimum Gasteiger partial charge on any atom is -0.454 e. The number of carbonyl (C=O) groups is 1. The van der Waals surface area contributed by atoms with Gasteiger partial charge in [-0.15, -0.1) is 0 Å². The zero-order valence-corrected chi connectivity index (χ0v) is 15.0. The Balaban J connectivity index is 1.41. The molecule has 1 saturated heterocycles. The second kappa shape index (κ2) is 7.47. The van der Waals surface area contributed by atoms with Gasteiger partial charge >= 0.3 is 0 Å². The van der Waals surface area contributed by atoms with E-state index in [0.29, 0.717) is 36.1 Å². The zero-order chi connectivity index (χ0) is 17.9. The minimum absolute atomic E-state index is 0.0685. The van der Waals surface area contributed by atoms with Crippen molar-refractivity contribution in [1.82, 2.24) is 19.8 Å². The van der Waals surface area contributed by atoms with E-state index in [-0.39, 0.29) is 12.7 Å². The van der Waals surface area contributed by atoms with Gasteiger partial charge in [-0.3, -0.25) is 14.7 Å². The van der Waals surface area contributed by atoms with Crippen molar-refractivity contribution < 1.29 is 14.3 Å². The molecule has 4 rings (SSSR count). The molecule has 0 radical (unpaired) electrons. The molecule has 136 valence electrons. The van der Waals surface area contributed by atoms with E-state index in [2.05, 4.69) is 14.9 Å². The van der Waals surface area contributed by atoms with Crippen molar-refractivity contribution in [2.45, 2.75) is 13.0 Å². The number of fused-ring (bicyclic) bond motifs is 1. The maximum atomic E-state index is 12.6. The van der Waals surface area contributed by atoms with E-state index >= 15 is 0 Å². The second-order valence-electron chi connectivity index (χ2n) is 6.31. The summed E-state index contributed by atoms with van der Waals surface area (Å²) in [7, 11) is 0. The molecule has 0 spiro atoms. The van der Waals surface area contributed by atoms with E-state index in [4.69, 9.17) is 21.1 Å². The van der Waals surface area contributed by atoms with Crippen LogP contribution in [0.25, 0.3) is 0 Å². The van der Waals surface area contributed by atoms with Gasteiger partial charge in [0.25, 0.3) is 5.91 Å². The van der Waals surface area contributed by atoms with Crippen molar-refractivity contribution in [3.05, 3.63) is 47.0 Å². The molecule has 1 fully saturated rings. The molecule has 2 aliphatic heterocycles. The molecule has 26 heavy (non-hydrogen) atoms. The van der Waals surface area contributed by atoms with Gasteiger partial charge in [0.2, 0.25) is 6.79 Å². The van der Waals surface area contributed by atoms with E-state index in [0.717, 1.165) is 30.8 Å². The Hall–Kier alpha value is -2.38. The highest BCUT2D eigenvalue weighted by Gasteiger charge is 2.23. The van der Waals surface area contributed by atoms with Gasteiger partial charge in [0.15, 0.2) is 11.5 Å². The Morgan fingerprint density at radius 3 is 2.77 bits per heavy atom. The summed E-state index contributed by atoms with van der Waals surface area (Å²) in [5.74, 6) is 1.36. The van der Waals surface area contributed by atoms with Crippen LogP contribution >= 0.6 is 11.6 Å². The first-order valence-electron chi connectivity index (χ1n) is 8.56. The first kappa shape index (κ1) is 17.1. The third-order valence-corrected chi connectivity index (χ3v) is 4.95. The Morgan fingerprint density at radius 2 is 1.96 bits per heavy atom. The van der Waals surface area contributed by atoms with Gasteiger partial charge in [0, 0.05) is 56.2 Å². The molecule has 0 unspecified atom stereocenters. The summed E-state index contributed by atoms with van der Waals surface area (Å²) in [4.78, 5) is 24.8. The molecule has 1 aromatic carbocycles. The lowest BCUT2D eigenvalue weighted by molar-refractivity contribution is 0.0754. The summed E-state index contributed by atoms with van der Waals surface area (Å²) in [5.41, 5.74) is 1.39. The summed E-state index contributed by atoms with van der Waals surface area (Å²) in [6.07, 6.45) is 5.51. The van der Waals surface area contributed by atoms with Crippen molar-refractivity contribution in [3.8, 4) is 11.5 Å². The van der Waals surface area contributed by atoms with Gasteiger partial charge in [0.1, 0.15) is 5.69 Å². The average Bonchev–Trinajstić information content (AvgIpc) is 2.98. The Bertz CT molecular complexity index is 803. The van der Waals surface area contributed by atoms with Gasteiger partial charge in [-0.05, 0) is 18.1 Å². The van der Waals surface area contributed by atoms with E-state index < -0.39 is 0 Å². The second-order valence-corrected chi connectivity index (χ2v) is 6.72. The van der Waals surface area contributed by atoms with Crippen molar-refractivity contribution in [2.24, 2.45) is 0 Å². The predicted octanol–water partition coefficient (Wildman–Crippen LogP) is 2.21. The molecule has 2 aromatic rings. The summed E-state index contributed by atoms with van der Waals surface area (Å²) in [6.45, 7) is 3.98. The monoisotopic (exact) mass is 374 g/mol. The quantitative estimate of drug-likeness (QED) is 0.820. The molecule has 3 heterocycles. The minimum atomic E-state index is -0.0685.